The molecule has 0 aromatic carbocycles. The molecule has 3 N–H and O–H groups in total. The molecular weight excluding hydrogens is 299 g/mol. The summed E-state index contributed by atoms with van der Waals surface area (Å²) >= 11 is 0. The molecule has 3 nitrogen and oxygen atoms in total. The van der Waals surface area contributed by atoms with Gasteiger partial charge >= 0.3 is 25.8 Å². The average molecular weight is 315 g/mol. The fourth-order valence-electron chi connectivity index (χ4n) is 0.427. The van der Waals surface area contributed by atoms with Gasteiger partial charge in [-0.25, -0.2) is 0 Å². The molecule has 10 heavy (non-hydrogen) atoms. The van der Waals surface area contributed by atoms with Crippen LogP contribution >= 0.6 is 0 Å². The van der Waals surface area contributed by atoms with Crippen molar-refractivity contribution in [1.82, 2.24) is 0 Å². The van der Waals surface area contributed by atoms with Crippen LogP contribution < -0.4 is 0 Å². The van der Waals surface area contributed by atoms with E-state index in [1.165, 1.54) is 19.3 Å². The molecule has 0 saturated carbocycles. The average Bonchev–Trinajstić information content (AvgIpc) is 1.61. The smallest absolute Gasteiger partial charge is 0.870 e. The molecule has 0 aromatic rings. The summed E-state index contributed by atoms with van der Waals surface area (Å²) in [6, 6.07) is 0. The molecule has 0 bridgehead atoms. The van der Waals surface area contributed by atoms with Crippen molar-refractivity contribution in [3.8, 4) is 0 Å². The molecule has 4 heteroatoms. The number of hydrogen-bond donors (Lipinski definition) is 0. The van der Waals surface area contributed by atoms with Crippen LogP contribution in [0.4, 0.5) is 0 Å². The van der Waals surface area contributed by atoms with Crippen LogP contribution in [0.5, 0.6) is 0 Å². The third-order valence-corrected chi connectivity index (χ3v) is 0.854. The van der Waals surface area contributed by atoms with Crippen LogP contribution in [0, 0.1) is 6.92 Å². The minimum atomic E-state index is 0. The Morgan fingerprint density at radius 1 is 1.00 bits per heavy atom. The van der Waals surface area contributed by atoms with Crippen molar-refractivity contribution in [2.75, 3.05) is 0 Å². The topological polar surface area (TPSA) is 90.0 Å². The molecule has 0 fully saturated rings. The quantitative estimate of drug-likeness (QED) is 0.452. The first-order chi connectivity index (χ1) is 2.91. The zero-order chi connectivity index (χ0) is 4.83. The van der Waals surface area contributed by atoms with E-state index >= 15 is 0 Å². The summed E-state index contributed by atoms with van der Waals surface area (Å²) in [5.74, 6) is 0. The van der Waals surface area contributed by atoms with Crippen molar-refractivity contribution < 1.29 is 42.3 Å². The minimum absolute atomic E-state index is 0. The Balaban J connectivity index is -0.0000000208. The Hall–Kier alpha value is 0.750. The van der Waals surface area contributed by atoms with E-state index in [0.717, 1.165) is 6.42 Å². The molecule has 0 radical (unpaired) electrons. The number of unbranched alkanes of at least 4 members (excludes halogenated alkanes) is 3. The van der Waals surface area contributed by atoms with E-state index in [9.17, 15) is 0 Å². The van der Waals surface area contributed by atoms with E-state index in [4.69, 9.17) is 0 Å². The zero-order valence-electron chi connectivity index (χ0n) is 6.38. The van der Waals surface area contributed by atoms with Crippen LogP contribution in [0.1, 0.15) is 32.6 Å². The molecule has 0 aromatic heterocycles. The fraction of sp³-hybridized carbons (Fsp3) is 0.833. The largest absolute Gasteiger partial charge is 4.00 e. The summed E-state index contributed by atoms with van der Waals surface area (Å²) in [4.78, 5) is 0. The van der Waals surface area contributed by atoms with Gasteiger partial charge in [0.15, 0.2) is 0 Å². The molecule has 62 valence electrons. The summed E-state index contributed by atoms with van der Waals surface area (Å²) in [6.45, 7) is 5.93. The summed E-state index contributed by atoms with van der Waals surface area (Å²) in [6.07, 6.45) is 5.07. The van der Waals surface area contributed by atoms with Gasteiger partial charge < -0.3 is 23.4 Å². The van der Waals surface area contributed by atoms with Crippen molar-refractivity contribution in [3.63, 3.8) is 0 Å². The fourth-order valence-corrected chi connectivity index (χ4v) is 0.427. The standard InChI is InChI=1S/C6H13.Hf.3H2O/c1-3-5-6-4-2;;;;/h1,3-6H2,2H3;;3*1H2/q-1;+4;;;/p-3. The third-order valence-electron chi connectivity index (χ3n) is 0.854. The van der Waals surface area contributed by atoms with Gasteiger partial charge in [-0.1, -0.05) is 26.2 Å². The van der Waals surface area contributed by atoms with Crippen LogP contribution in [0.25, 0.3) is 0 Å². The molecule has 0 atom stereocenters. The second-order valence-corrected chi connectivity index (χ2v) is 1.56. The maximum Gasteiger partial charge on any atom is 4.00 e. The van der Waals surface area contributed by atoms with Gasteiger partial charge in [-0.15, -0.1) is 0 Å². The van der Waals surface area contributed by atoms with Gasteiger partial charge in [0.05, 0.1) is 0 Å². The molecule has 0 spiro atoms. The van der Waals surface area contributed by atoms with E-state index in [0.29, 0.717) is 0 Å². The maximum absolute atomic E-state index is 3.72. The molecule has 0 aliphatic rings. The summed E-state index contributed by atoms with van der Waals surface area (Å²) < 4.78 is 0. The van der Waals surface area contributed by atoms with E-state index in [1.807, 2.05) is 0 Å². The van der Waals surface area contributed by atoms with E-state index in [2.05, 4.69) is 13.8 Å². The molecule has 0 unspecified atom stereocenters. The number of hydrogen-bond acceptors (Lipinski definition) is 3. The molecule has 0 heterocycles. The maximum atomic E-state index is 3.72. The van der Waals surface area contributed by atoms with Crippen molar-refractivity contribution in [3.05, 3.63) is 6.92 Å². The van der Waals surface area contributed by atoms with Crippen LogP contribution in [-0.4, -0.2) is 16.4 Å². The Morgan fingerprint density at radius 3 is 1.50 bits per heavy atom. The second-order valence-electron chi connectivity index (χ2n) is 1.56. The van der Waals surface area contributed by atoms with Crippen molar-refractivity contribution in [1.29, 1.82) is 0 Å². The second kappa shape index (κ2) is 33.1. The van der Waals surface area contributed by atoms with Gasteiger partial charge in [-0.05, 0) is 0 Å². The predicted octanol–water partition coefficient (Wildman–Crippen LogP) is 1.87. The van der Waals surface area contributed by atoms with E-state index in [-0.39, 0.29) is 42.3 Å². The zero-order valence-corrected chi connectivity index (χ0v) is 9.97. The van der Waals surface area contributed by atoms with Crippen LogP contribution in [0.3, 0.4) is 0 Å². The molecule has 0 saturated heterocycles. The Bertz CT molecular complexity index is 25.0. The Kier molecular flexibility index (Phi) is 102. The first kappa shape index (κ1) is 30.9. The predicted molar refractivity (Wildman–Crippen MR) is 35.3 cm³/mol. The summed E-state index contributed by atoms with van der Waals surface area (Å²) in [5.41, 5.74) is 0. The van der Waals surface area contributed by atoms with Gasteiger partial charge in [0.25, 0.3) is 0 Å². The molecule has 0 amide bonds. The van der Waals surface area contributed by atoms with E-state index in [1.54, 1.807) is 0 Å². The third kappa shape index (κ3) is 37.4. The van der Waals surface area contributed by atoms with Crippen LogP contribution in [-0.2, 0) is 25.8 Å². The van der Waals surface area contributed by atoms with Gasteiger partial charge in [0, 0.05) is 0 Å². The summed E-state index contributed by atoms with van der Waals surface area (Å²) in [5, 5.41) is 0. The van der Waals surface area contributed by atoms with Gasteiger partial charge in [-0.3, -0.25) is 0 Å². The van der Waals surface area contributed by atoms with E-state index < -0.39 is 0 Å². The van der Waals surface area contributed by atoms with Crippen molar-refractivity contribution in [2.24, 2.45) is 0 Å². The molecular formula is C6H16HfO3. The molecule has 0 aliphatic carbocycles. The van der Waals surface area contributed by atoms with Crippen LogP contribution in [0.15, 0.2) is 0 Å². The minimum Gasteiger partial charge on any atom is -0.870 e. The number of rotatable bonds is 3. The van der Waals surface area contributed by atoms with Crippen molar-refractivity contribution >= 4 is 0 Å². The first-order valence-electron chi connectivity index (χ1n) is 2.71. The normalized spacial score (nSPS) is 5.40. The van der Waals surface area contributed by atoms with Gasteiger partial charge in [0.1, 0.15) is 0 Å². The summed E-state index contributed by atoms with van der Waals surface area (Å²) in [7, 11) is 0. The monoisotopic (exact) mass is 316 g/mol. The Labute approximate surface area is 81.9 Å². The molecule has 0 aliphatic heterocycles. The molecule has 0 rings (SSSR count). The van der Waals surface area contributed by atoms with Gasteiger partial charge in [-0.2, -0.15) is 6.42 Å². The Morgan fingerprint density at radius 2 is 1.40 bits per heavy atom. The van der Waals surface area contributed by atoms with Gasteiger partial charge in [0.2, 0.25) is 0 Å². The first-order valence-corrected chi connectivity index (χ1v) is 2.71. The van der Waals surface area contributed by atoms with Crippen molar-refractivity contribution in [2.45, 2.75) is 32.6 Å². The van der Waals surface area contributed by atoms with Crippen LogP contribution in [0.2, 0.25) is 0 Å². The SMILES string of the molecule is [CH2-]CCCCC.[Hf+4].[OH-].[OH-].[OH-].